The zero-order valence-corrected chi connectivity index (χ0v) is 17.6. The average Bonchev–Trinajstić information content (AvgIpc) is 3.13. The van der Waals surface area contributed by atoms with Crippen LogP contribution in [-0.2, 0) is 11.2 Å². The average molecular weight is 450 g/mol. The fraction of sp³-hybridized carbons (Fsp3) is 0.240. The van der Waals surface area contributed by atoms with Crippen molar-refractivity contribution < 1.29 is 18.0 Å². The number of rotatable bonds is 6. The number of nitrogens with one attached hydrogen (secondary N) is 2. The zero-order chi connectivity index (χ0) is 22.9. The minimum absolute atomic E-state index is 0.0689. The molecule has 2 aromatic heterocycles. The number of hydrogen-bond donors (Lipinski definition) is 2. The Labute approximate surface area is 188 Å². The molecular weight excluding hydrogens is 429 g/mol. The summed E-state index contributed by atoms with van der Waals surface area (Å²) in [7, 11) is 0. The van der Waals surface area contributed by atoms with E-state index in [9.17, 15) is 18.0 Å². The van der Waals surface area contributed by atoms with Gasteiger partial charge in [0.25, 0.3) is 0 Å². The number of carbonyl (C=O) groups excluding carboxylic acids is 1. The summed E-state index contributed by atoms with van der Waals surface area (Å²) in [6, 6.07) is 9.82. The van der Waals surface area contributed by atoms with Gasteiger partial charge < -0.3 is 10.3 Å². The third-order valence-corrected chi connectivity index (χ3v) is 6.17. The molecule has 1 aliphatic rings. The van der Waals surface area contributed by atoms with Crippen molar-refractivity contribution in [1.82, 2.24) is 20.3 Å². The third-order valence-electron chi connectivity index (χ3n) is 6.17. The lowest BCUT2D eigenvalue weighted by Gasteiger charge is -2.36. The predicted octanol–water partition coefficient (Wildman–Crippen LogP) is 4.89. The lowest BCUT2D eigenvalue weighted by atomic mass is 9.70. The van der Waals surface area contributed by atoms with Crippen molar-refractivity contribution in [2.24, 2.45) is 5.92 Å². The Morgan fingerprint density at radius 3 is 2.48 bits per heavy atom. The fourth-order valence-electron chi connectivity index (χ4n) is 4.53. The quantitative estimate of drug-likeness (QED) is 0.439. The standard InChI is InChI=1S/C25H21F3N4O/c26-17-4-2-15(3-5-17)24-23(19-10-18(27)11-20(28)25(19)32-24)16-8-14(9-16)13-31-22(33)12-21-29-6-1-7-30-21/h1-7,10-11,14,16,32H,8-9,12-13H2,(H,31,33)/t14-,16-. The number of H-pyrrole nitrogens is 1. The van der Waals surface area contributed by atoms with Crippen LogP contribution in [0.25, 0.3) is 22.2 Å². The number of halogens is 3. The van der Waals surface area contributed by atoms with Crippen LogP contribution in [0.1, 0.15) is 30.1 Å². The Bertz CT molecular complexity index is 1300. The molecule has 2 N–H and O–H groups in total. The molecule has 1 fully saturated rings. The highest BCUT2D eigenvalue weighted by Gasteiger charge is 2.34. The molecule has 0 spiro atoms. The van der Waals surface area contributed by atoms with Gasteiger partial charge in [-0.25, -0.2) is 23.1 Å². The minimum atomic E-state index is -0.661. The first-order valence-corrected chi connectivity index (χ1v) is 10.8. The zero-order valence-electron chi connectivity index (χ0n) is 17.6. The highest BCUT2D eigenvalue weighted by atomic mass is 19.1. The lowest BCUT2D eigenvalue weighted by molar-refractivity contribution is -0.120. The van der Waals surface area contributed by atoms with Gasteiger partial charge in [0, 0.05) is 30.4 Å². The second kappa shape index (κ2) is 8.69. The number of benzene rings is 2. The first-order chi connectivity index (χ1) is 16.0. The molecule has 2 aromatic carbocycles. The van der Waals surface area contributed by atoms with Gasteiger partial charge in [0.05, 0.1) is 17.6 Å². The summed E-state index contributed by atoms with van der Waals surface area (Å²) in [5, 5.41) is 3.42. The van der Waals surface area contributed by atoms with E-state index >= 15 is 0 Å². The van der Waals surface area contributed by atoms with Gasteiger partial charge in [-0.1, -0.05) is 0 Å². The summed E-state index contributed by atoms with van der Waals surface area (Å²) in [5.74, 6) is -1.03. The normalized spacial score (nSPS) is 17.7. The minimum Gasteiger partial charge on any atom is -0.355 e. The third kappa shape index (κ3) is 4.33. The second-order valence-corrected chi connectivity index (χ2v) is 8.41. The first kappa shape index (κ1) is 21.2. The number of aromatic amines is 1. The molecule has 0 radical (unpaired) electrons. The molecule has 0 bridgehead atoms. The van der Waals surface area contributed by atoms with Gasteiger partial charge >= 0.3 is 0 Å². The van der Waals surface area contributed by atoms with Crippen molar-refractivity contribution >= 4 is 16.8 Å². The van der Waals surface area contributed by atoms with Crippen LogP contribution < -0.4 is 5.32 Å². The molecule has 1 saturated carbocycles. The van der Waals surface area contributed by atoms with Gasteiger partial charge in [0.2, 0.25) is 5.91 Å². The molecular formula is C25H21F3N4O. The van der Waals surface area contributed by atoms with E-state index in [2.05, 4.69) is 20.3 Å². The van der Waals surface area contributed by atoms with Crippen molar-refractivity contribution in [3.8, 4) is 11.3 Å². The molecule has 5 nitrogen and oxygen atoms in total. The van der Waals surface area contributed by atoms with Crippen molar-refractivity contribution in [1.29, 1.82) is 0 Å². The van der Waals surface area contributed by atoms with Crippen LogP contribution in [0.5, 0.6) is 0 Å². The lowest BCUT2D eigenvalue weighted by Crippen LogP contribution is -2.36. The molecule has 2 heterocycles. The fourth-order valence-corrected chi connectivity index (χ4v) is 4.53. The molecule has 0 atom stereocenters. The van der Waals surface area contributed by atoms with E-state index in [-0.39, 0.29) is 35.5 Å². The maximum atomic E-state index is 14.5. The number of aromatic nitrogens is 3. The van der Waals surface area contributed by atoms with Crippen LogP contribution in [0.2, 0.25) is 0 Å². The first-order valence-electron chi connectivity index (χ1n) is 10.8. The molecule has 1 aliphatic carbocycles. The molecule has 168 valence electrons. The predicted molar refractivity (Wildman–Crippen MR) is 118 cm³/mol. The maximum absolute atomic E-state index is 14.5. The summed E-state index contributed by atoms with van der Waals surface area (Å²) in [5.41, 5.74) is 2.45. The topological polar surface area (TPSA) is 70.7 Å². The summed E-state index contributed by atoms with van der Waals surface area (Å²) in [6.45, 7) is 0.513. The van der Waals surface area contributed by atoms with Crippen molar-refractivity contribution in [3.63, 3.8) is 0 Å². The van der Waals surface area contributed by atoms with E-state index < -0.39 is 11.6 Å². The highest BCUT2D eigenvalue weighted by Crippen LogP contribution is 2.48. The molecule has 1 amide bonds. The number of carbonyl (C=O) groups is 1. The smallest absolute Gasteiger partial charge is 0.227 e. The molecule has 33 heavy (non-hydrogen) atoms. The van der Waals surface area contributed by atoms with Crippen LogP contribution >= 0.6 is 0 Å². The molecule has 0 saturated heterocycles. The molecule has 4 aromatic rings. The SMILES string of the molecule is O=C(Cc1ncccn1)NC[C@H]1C[C@H](c2c(-c3ccc(F)cc3)[nH]c3c(F)cc(F)cc32)C1. The van der Waals surface area contributed by atoms with E-state index in [1.807, 2.05) is 0 Å². The Hall–Kier alpha value is -3.68. The number of nitrogens with zero attached hydrogens (tertiary/aromatic N) is 2. The number of amides is 1. The van der Waals surface area contributed by atoms with Gasteiger partial charge in [-0.3, -0.25) is 4.79 Å². The molecule has 0 aliphatic heterocycles. The monoisotopic (exact) mass is 450 g/mol. The van der Waals surface area contributed by atoms with Gasteiger partial charge in [0.15, 0.2) is 0 Å². The Morgan fingerprint density at radius 2 is 1.76 bits per heavy atom. The largest absolute Gasteiger partial charge is 0.355 e. The molecule has 0 unspecified atom stereocenters. The molecule has 5 rings (SSSR count). The van der Waals surface area contributed by atoms with E-state index in [4.69, 9.17) is 0 Å². The van der Waals surface area contributed by atoms with E-state index in [1.165, 1.54) is 18.2 Å². The summed E-state index contributed by atoms with van der Waals surface area (Å²) in [4.78, 5) is 23.4. The summed E-state index contributed by atoms with van der Waals surface area (Å²) < 4.78 is 42.0. The van der Waals surface area contributed by atoms with E-state index in [0.29, 0.717) is 29.0 Å². The van der Waals surface area contributed by atoms with Gasteiger partial charge in [-0.05, 0) is 72.2 Å². The summed E-state index contributed by atoms with van der Waals surface area (Å²) >= 11 is 0. The van der Waals surface area contributed by atoms with Crippen LogP contribution in [0.15, 0.2) is 54.9 Å². The second-order valence-electron chi connectivity index (χ2n) is 8.41. The van der Waals surface area contributed by atoms with Crippen LogP contribution in [0, 0.1) is 23.4 Å². The maximum Gasteiger partial charge on any atom is 0.227 e. The van der Waals surface area contributed by atoms with Crippen molar-refractivity contribution in [3.05, 3.63) is 83.7 Å². The van der Waals surface area contributed by atoms with Crippen molar-refractivity contribution in [2.75, 3.05) is 6.54 Å². The Kier molecular flexibility index (Phi) is 5.58. The van der Waals surface area contributed by atoms with E-state index in [1.54, 1.807) is 30.6 Å². The van der Waals surface area contributed by atoms with E-state index in [0.717, 1.165) is 24.5 Å². The summed E-state index contributed by atoms with van der Waals surface area (Å²) in [6.07, 6.45) is 4.84. The van der Waals surface area contributed by atoms with Gasteiger partial charge in [-0.15, -0.1) is 0 Å². The van der Waals surface area contributed by atoms with Crippen LogP contribution in [0.3, 0.4) is 0 Å². The number of fused-ring (bicyclic) bond motifs is 1. The van der Waals surface area contributed by atoms with Crippen molar-refractivity contribution in [2.45, 2.75) is 25.2 Å². The Morgan fingerprint density at radius 1 is 1.03 bits per heavy atom. The van der Waals surface area contributed by atoms with Crippen LogP contribution in [-0.4, -0.2) is 27.4 Å². The van der Waals surface area contributed by atoms with Gasteiger partial charge in [-0.2, -0.15) is 0 Å². The highest BCUT2D eigenvalue weighted by molar-refractivity contribution is 5.92. The number of hydrogen-bond acceptors (Lipinski definition) is 3. The van der Waals surface area contributed by atoms with Crippen LogP contribution in [0.4, 0.5) is 13.2 Å². The van der Waals surface area contributed by atoms with Gasteiger partial charge in [0.1, 0.15) is 23.3 Å². The molecule has 8 heteroatoms. The Balaban J connectivity index is 1.33.